The molecule has 0 bridgehead atoms. The molecule has 0 unspecified atom stereocenters. The van der Waals surface area contributed by atoms with Crippen LogP contribution in [0.3, 0.4) is 0 Å². The SMILES string of the molecule is COc1ccc(NC(=O)CCNC(=O)c2ccccc2C)cc1S(=O)(=O)N1CCCCC1. The second kappa shape index (κ2) is 10.6. The lowest BCUT2D eigenvalue weighted by Crippen LogP contribution is -2.35. The molecular formula is C23H29N3O5S. The number of hydrogen-bond donors (Lipinski definition) is 2. The van der Waals surface area contributed by atoms with E-state index in [0.29, 0.717) is 24.3 Å². The van der Waals surface area contributed by atoms with Crippen LogP contribution in [0.4, 0.5) is 5.69 Å². The van der Waals surface area contributed by atoms with Gasteiger partial charge in [-0.1, -0.05) is 24.6 Å². The number of piperidine rings is 1. The second-order valence-electron chi connectivity index (χ2n) is 7.70. The highest BCUT2D eigenvalue weighted by molar-refractivity contribution is 7.89. The number of methoxy groups -OCH3 is 1. The molecule has 0 aromatic heterocycles. The maximum absolute atomic E-state index is 13.1. The van der Waals surface area contributed by atoms with E-state index in [1.54, 1.807) is 18.2 Å². The van der Waals surface area contributed by atoms with E-state index in [1.165, 1.54) is 23.5 Å². The minimum absolute atomic E-state index is 0.0348. The fourth-order valence-electron chi connectivity index (χ4n) is 3.64. The Kier molecular flexibility index (Phi) is 7.87. The van der Waals surface area contributed by atoms with E-state index in [1.807, 2.05) is 19.1 Å². The molecule has 8 nitrogen and oxygen atoms in total. The number of amides is 2. The van der Waals surface area contributed by atoms with Crippen molar-refractivity contribution in [3.8, 4) is 5.75 Å². The molecule has 1 fully saturated rings. The Morgan fingerprint density at radius 3 is 2.47 bits per heavy atom. The number of rotatable bonds is 8. The molecule has 2 aromatic rings. The Labute approximate surface area is 189 Å². The van der Waals surface area contributed by atoms with Crippen molar-refractivity contribution >= 4 is 27.5 Å². The van der Waals surface area contributed by atoms with Crippen molar-refractivity contribution < 1.29 is 22.7 Å². The van der Waals surface area contributed by atoms with Gasteiger partial charge in [0.1, 0.15) is 10.6 Å². The molecule has 2 amide bonds. The van der Waals surface area contributed by atoms with Crippen molar-refractivity contribution in [2.24, 2.45) is 0 Å². The van der Waals surface area contributed by atoms with Crippen LogP contribution in [0.2, 0.25) is 0 Å². The second-order valence-corrected chi connectivity index (χ2v) is 9.61. The zero-order valence-electron chi connectivity index (χ0n) is 18.4. The number of aryl methyl sites for hydroxylation is 1. The fourth-order valence-corrected chi connectivity index (χ4v) is 5.33. The summed E-state index contributed by atoms with van der Waals surface area (Å²) in [6.07, 6.45) is 2.72. The number of benzene rings is 2. The van der Waals surface area contributed by atoms with Crippen LogP contribution < -0.4 is 15.4 Å². The number of hydrogen-bond acceptors (Lipinski definition) is 5. The highest BCUT2D eigenvalue weighted by Crippen LogP contribution is 2.31. The first kappa shape index (κ1) is 23.7. The van der Waals surface area contributed by atoms with E-state index in [0.717, 1.165) is 24.8 Å². The summed E-state index contributed by atoms with van der Waals surface area (Å²) in [6, 6.07) is 11.8. The minimum atomic E-state index is -3.73. The molecule has 9 heteroatoms. The van der Waals surface area contributed by atoms with Gasteiger partial charge in [0.15, 0.2) is 0 Å². The molecule has 0 aliphatic carbocycles. The number of sulfonamides is 1. The van der Waals surface area contributed by atoms with Crippen molar-refractivity contribution in [1.29, 1.82) is 0 Å². The van der Waals surface area contributed by atoms with Crippen molar-refractivity contribution in [3.63, 3.8) is 0 Å². The predicted molar refractivity (Wildman–Crippen MR) is 122 cm³/mol. The molecule has 172 valence electrons. The average molecular weight is 460 g/mol. The van der Waals surface area contributed by atoms with Gasteiger partial charge in [-0.05, 0) is 49.6 Å². The van der Waals surface area contributed by atoms with Crippen LogP contribution in [0.25, 0.3) is 0 Å². The maximum atomic E-state index is 13.1. The van der Waals surface area contributed by atoms with Crippen LogP contribution in [0.5, 0.6) is 5.75 Å². The van der Waals surface area contributed by atoms with E-state index in [4.69, 9.17) is 4.74 Å². The van der Waals surface area contributed by atoms with Gasteiger partial charge in [0, 0.05) is 37.3 Å². The number of nitrogens with zero attached hydrogens (tertiary/aromatic N) is 1. The number of carbonyl (C=O) groups is 2. The quantitative estimate of drug-likeness (QED) is 0.632. The first-order valence-corrected chi connectivity index (χ1v) is 12.1. The lowest BCUT2D eigenvalue weighted by atomic mass is 10.1. The molecule has 0 spiro atoms. The first-order chi connectivity index (χ1) is 15.3. The predicted octanol–water partition coefficient (Wildman–Crippen LogP) is 2.94. The third kappa shape index (κ3) is 5.66. The summed E-state index contributed by atoms with van der Waals surface area (Å²) in [6.45, 7) is 2.96. The Morgan fingerprint density at radius 2 is 1.78 bits per heavy atom. The van der Waals surface area contributed by atoms with Gasteiger partial charge in [-0.3, -0.25) is 9.59 Å². The monoisotopic (exact) mass is 459 g/mol. The molecule has 2 N–H and O–H groups in total. The molecule has 3 rings (SSSR count). The Bertz CT molecular complexity index is 1080. The van der Waals surface area contributed by atoms with Crippen LogP contribution in [0, 0.1) is 6.92 Å². The molecular weight excluding hydrogens is 430 g/mol. The van der Waals surface area contributed by atoms with Gasteiger partial charge >= 0.3 is 0 Å². The van der Waals surface area contributed by atoms with Crippen LogP contribution in [-0.2, 0) is 14.8 Å². The number of nitrogens with one attached hydrogen (secondary N) is 2. The average Bonchev–Trinajstić information content (AvgIpc) is 2.79. The number of carbonyl (C=O) groups excluding carboxylic acids is 2. The lowest BCUT2D eigenvalue weighted by molar-refractivity contribution is -0.116. The molecule has 0 radical (unpaired) electrons. The lowest BCUT2D eigenvalue weighted by Gasteiger charge is -2.26. The van der Waals surface area contributed by atoms with E-state index in [-0.39, 0.29) is 35.4 Å². The molecule has 1 aliphatic heterocycles. The molecule has 1 heterocycles. The summed E-state index contributed by atoms with van der Waals surface area (Å²) in [5.41, 5.74) is 1.78. The zero-order valence-corrected chi connectivity index (χ0v) is 19.2. The molecule has 32 heavy (non-hydrogen) atoms. The van der Waals surface area contributed by atoms with Gasteiger partial charge in [-0.25, -0.2) is 8.42 Å². The number of ether oxygens (including phenoxy) is 1. The maximum Gasteiger partial charge on any atom is 0.251 e. The Hall–Kier alpha value is -2.91. The van der Waals surface area contributed by atoms with Crippen molar-refractivity contribution in [2.45, 2.75) is 37.5 Å². The summed E-state index contributed by atoms with van der Waals surface area (Å²) in [7, 11) is -2.31. The van der Waals surface area contributed by atoms with Crippen LogP contribution in [-0.4, -0.2) is 51.3 Å². The molecule has 1 aliphatic rings. The first-order valence-electron chi connectivity index (χ1n) is 10.6. The van der Waals surface area contributed by atoms with Gasteiger partial charge in [0.05, 0.1) is 7.11 Å². The van der Waals surface area contributed by atoms with Crippen LogP contribution in [0.15, 0.2) is 47.4 Å². The van der Waals surface area contributed by atoms with Crippen LogP contribution in [0.1, 0.15) is 41.6 Å². The summed E-state index contributed by atoms with van der Waals surface area (Å²) < 4.78 is 32.9. The zero-order chi connectivity index (χ0) is 23.1. The van der Waals surface area contributed by atoms with Gasteiger partial charge in [-0.15, -0.1) is 0 Å². The summed E-state index contributed by atoms with van der Waals surface area (Å²) >= 11 is 0. The van der Waals surface area contributed by atoms with Gasteiger partial charge in [0.2, 0.25) is 15.9 Å². The summed E-state index contributed by atoms with van der Waals surface area (Å²) in [5, 5.41) is 5.44. The highest BCUT2D eigenvalue weighted by Gasteiger charge is 2.29. The van der Waals surface area contributed by atoms with Crippen LogP contribution >= 0.6 is 0 Å². The molecule has 0 saturated carbocycles. The van der Waals surface area contributed by atoms with Crippen molar-refractivity contribution in [2.75, 3.05) is 32.1 Å². The van der Waals surface area contributed by atoms with E-state index >= 15 is 0 Å². The van der Waals surface area contributed by atoms with Crippen molar-refractivity contribution in [1.82, 2.24) is 9.62 Å². The van der Waals surface area contributed by atoms with Gasteiger partial charge in [-0.2, -0.15) is 4.31 Å². The summed E-state index contributed by atoms with van der Waals surface area (Å²) in [5.74, 6) is -0.337. The Morgan fingerprint density at radius 1 is 1.06 bits per heavy atom. The minimum Gasteiger partial charge on any atom is -0.495 e. The highest BCUT2D eigenvalue weighted by atomic mass is 32.2. The fraction of sp³-hybridized carbons (Fsp3) is 0.391. The molecule has 2 aromatic carbocycles. The van der Waals surface area contributed by atoms with E-state index in [9.17, 15) is 18.0 Å². The third-order valence-corrected chi connectivity index (χ3v) is 7.33. The Balaban J connectivity index is 1.63. The normalized spacial score (nSPS) is 14.6. The molecule has 0 atom stereocenters. The topological polar surface area (TPSA) is 105 Å². The van der Waals surface area contributed by atoms with E-state index < -0.39 is 10.0 Å². The van der Waals surface area contributed by atoms with Crippen molar-refractivity contribution in [3.05, 3.63) is 53.6 Å². The van der Waals surface area contributed by atoms with E-state index in [2.05, 4.69) is 10.6 Å². The molecule has 1 saturated heterocycles. The van der Waals surface area contributed by atoms with Gasteiger partial charge in [0.25, 0.3) is 5.91 Å². The third-order valence-electron chi connectivity index (χ3n) is 5.41. The summed E-state index contributed by atoms with van der Waals surface area (Å²) in [4.78, 5) is 24.6. The smallest absolute Gasteiger partial charge is 0.251 e. The standard InChI is InChI=1S/C23H29N3O5S/c1-17-8-4-5-9-19(17)23(28)24-13-12-22(27)25-18-10-11-20(31-2)21(16-18)32(29,30)26-14-6-3-7-15-26/h4-5,8-11,16H,3,6-7,12-15H2,1-2H3,(H,24,28)(H,25,27). The van der Waals surface area contributed by atoms with Gasteiger partial charge < -0.3 is 15.4 Å². The number of anilines is 1. The largest absolute Gasteiger partial charge is 0.495 e.